The number of ether oxygens (including phenoxy) is 1. The number of aliphatic hydroxyl groups excluding tert-OH is 1. The third-order valence-corrected chi connectivity index (χ3v) is 6.46. The van der Waals surface area contributed by atoms with E-state index in [2.05, 4.69) is 34.9 Å². The maximum absolute atomic E-state index is 10.6. The van der Waals surface area contributed by atoms with Crippen molar-refractivity contribution in [1.82, 2.24) is 5.32 Å². The number of benzene rings is 3. The van der Waals surface area contributed by atoms with Crippen LogP contribution in [0.5, 0.6) is 11.5 Å². The summed E-state index contributed by atoms with van der Waals surface area (Å²) in [6.07, 6.45) is 7.22. The van der Waals surface area contributed by atoms with Crippen molar-refractivity contribution in [1.29, 1.82) is 0 Å². The molecule has 204 valence electrons. The van der Waals surface area contributed by atoms with Crippen molar-refractivity contribution in [3.63, 3.8) is 0 Å². The van der Waals surface area contributed by atoms with E-state index in [1.165, 1.54) is 11.6 Å². The van der Waals surface area contributed by atoms with Crippen molar-refractivity contribution in [2.75, 3.05) is 31.6 Å². The molecular formula is C31H40N2O5. The molecule has 0 saturated heterocycles. The van der Waals surface area contributed by atoms with Gasteiger partial charge in [-0.1, -0.05) is 55.3 Å². The Morgan fingerprint density at radius 1 is 0.816 bits per heavy atom. The molecule has 0 heterocycles. The van der Waals surface area contributed by atoms with Gasteiger partial charge in [-0.25, -0.2) is 0 Å². The van der Waals surface area contributed by atoms with Gasteiger partial charge in [-0.3, -0.25) is 4.79 Å². The Balaban J connectivity index is 1.17. The fourth-order valence-corrected chi connectivity index (χ4v) is 4.33. The number of hydrogen-bond acceptors (Lipinski definition) is 6. The Morgan fingerprint density at radius 3 is 2.34 bits per heavy atom. The number of phenols is 2. The predicted octanol–water partition coefficient (Wildman–Crippen LogP) is 5.56. The van der Waals surface area contributed by atoms with Gasteiger partial charge in [0.1, 0.15) is 11.5 Å². The molecule has 0 spiro atoms. The number of nitrogens with one attached hydrogen (secondary N) is 2. The van der Waals surface area contributed by atoms with Crippen LogP contribution >= 0.6 is 0 Å². The average molecular weight is 521 g/mol. The lowest BCUT2D eigenvalue weighted by atomic mass is 10.0. The van der Waals surface area contributed by atoms with Gasteiger partial charge < -0.3 is 30.7 Å². The van der Waals surface area contributed by atoms with Gasteiger partial charge in [0.05, 0.1) is 11.8 Å². The molecule has 7 heteroatoms. The zero-order chi connectivity index (χ0) is 27.0. The van der Waals surface area contributed by atoms with Gasteiger partial charge in [-0.2, -0.15) is 0 Å². The quantitative estimate of drug-likeness (QED) is 0.0854. The maximum atomic E-state index is 10.6. The molecule has 0 aromatic heterocycles. The monoisotopic (exact) mass is 520 g/mol. The number of phenolic OH excluding ortho intramolecular Hbond substituents is 2. The lowest BCUT2D eigenvalue weighted by Gasteiger charge is -2.14. The predicted molar refractivity (Wildman–Crippen MR) is 151 cm³/mol. The second kappa shape index (κ2) is 16.5. The van der Waals surface area contributed by atoms with Gasteiger partial charge in [0.25, 0.3) is 0 Å². The number of aliphatic hydroxyl groups is 1. The molecule has 5 N–H and O–H groups in total. The van der Waals surface area contributed by atoms with Crippen LogP contribution in [0, 0.1) is 0 Å². The second-order valence-electron chi connectivity index (χ2n) is 9.49. The van der Waals surface area contributed by atoms with Crippen LogP contribution in [-0.2, 0) is 16.0 Å². The first-order valence-corrected chi connectivity index (χ1v) is 13.4. The van der Waals surface area contributed by atoms with Crippen LogP contribution in [0.1, 0.15) is 55.8 Å². The Kier molecular flexibility index (Phi) is 12.6. The van der Waals surface area contributed by atoms with Crippen LogP contribution in [-0.4, -0.2) is 48.0 Å². The molecule has 0 saturated carbocycles. The molecule has 0 unspecified atom stereocenters. The molecule has 3 rings (SSSR count). The van der Waals surface area contributed by atoms with Crippen LogP contribution in [0.2, 0.25) is 0 Å². The lowest BCUT2D eigenvalue weighted by Crippen LogP contribution is -2.22. The summed E-state index contributed by atoms with van der Waals surface area (Å²) in [4.78, 5) is 10.6. The van der Waals surface area contributed by atoms with Crippen LogP contribution < -0.4 is 10.6 Å². The minimum Gasteiger partial charge on any atom is -0.508 e. The van der Waals surface area contributed by atoms with Gasteiger partial charge >= 0.3 is 0 Å². The summed E-state index contributed by atoms with van der Waals surface area (Å²) >= 11 is 0. The highest BCUT2D eigenvalue weighted by Gasteiger charge is 2.10. The minimum atomic E-state index is -0.710. The van der Waals surface area contributed by atoms with Crippen molar-refractivity contribution in [3.05, 3.63) is 77.9 Å². The molecule has 1 atom stereocenters. The highest BCUT2D eigenvalue weighted by Crippen LogP contribution is 2.27. The van der Waals surface area contributed by atoms with E-state index in [4.69, 9.17) is 4.74 Å². The van der Waals surface area contributed by atoms with E-state index in [1.54, 1.807) is 24.3 Å². The van der Waals surface area contributed by atoms with Gasteiger partial charge in [-0.15, -0.1) is 0 Å². The average Bonchev–Trinajstić information content (AvgIpc) is 2.92. The van der Waals surface area contributed by atoms with Crippen molar-refractivity contribution in [3.8, 4) is 22.6 Å². The first-order chi connectivity index (χ1) is 18.6. The lowest BCUT2D eigenvalue weighted by molar-refractivity contribution is -0.105. The van der Waals surface area contributed by atoms with E-state index in [1.807, 2.05) is 12.1 Å². The molecule has 3 aromatic carbocycles. The molecule has 3 aromatic rings. The van der Waals surface area contributed by atoms with Crippen molar-refractivity contribution in [2.24, 2.45) is 0 Å². The molecule has 1 amide bonds. The number of carbonyl (C=O) groups is 1. The Labute approximate surface area is 225 Å². The number of carbonyl (C=O) groups excluding carboxylic acids is 1. The first kappa shape index (κ1) is 29.2. The highest BCUT2D eigenvalue weighted by atomic mass is 16.5. The summed E-state index contributed by atoms with van der Waals surface area (Å²) in [5.74, 6) is 0.256. The van der Waals surface area contributed by atoms with Crippen LogP contribution in [0.25, 0.3) is 11.1 Å². The number of anilines is 1. The number of hydrogen-bond donors (Lipinski definition) is 5. The summed E-state index contributed by atoms with van der Waals surface area (Å²) < 4.78 is 5.80. The Hall–Kier alpha value is -3.39. The molecule has 0 aliphatic heterocycles. The molecule has 7 nitrogen and oxygen atoms in total. The van der Waals surface area contributed by atoms with E-state index < -0.39 is 6.10 Å². The smallest absolute Gasteiger partial charge is 0.211 e. The summed E-state index contributed by atoms with van der Waals surface area (Å²) in [6.45, 7) is 2.81. The number of rotatable bonds is 18. The van der Waals surface area contributed by atoms with Crippen molar-refractivity contribution < 1.29 is 24.9 Å². The third kappa shape index (κ3) is 10.2. The number of aryl methyl sites for hydroxylation is 1. The number of unbranched alkanes of at least 4 members (excludes halogenated alkanes) is 4. The van der Waals surface area contributed by atoms with Crippen molar-refractivity contribution in [2.45, 2.75) is 51.0 Å². The largest absolute Gasteiger partial charge is 0.508 e. The van der Waals surface area contributed by atoms with Gasteiger partial charge in [-0.05, 0) is 85.2 Å². The summed E-state index contributed by atoms with van der Waals surface area (Å²) in [5.41, 5.74) is 4.38. The molecule has 0 aliphatic carbocycles. The molecule has 0 radical (unpaired) electrons. The van der Waals surface area contributed by atoms with Gasteiger partial charge in [0, 0.05) is 19.8 Å². The van der Waals surface area contributed by atoms with Crippen molar-refractivity contribution >= 4 is 12.1 Å². The molecule has 38 heavy (non-hydrogen) atoms. The first-order valence-electron chi connectivity index (χ1n) is 13.4. The van der Waals surface area contributed by atoms with E-state index in [0.29, 0.717) is 18.5 Å². The second-order valence-corrected chi connectivity index (χ2v) is 9.49. The number of aromatic hydroxyl groups is 2. The fraction of sp³-hybridized carbons (Fsp3) is 0.387. The molecule has 0 fully saturated rings. The Bertz CT molecular complexity index is 1120. The Morgan fingerprint density at radius 2 is 1.55 bits per heavy atom. The fourth-order valence-electron chi connectivity index (χ4n) is 4.33. The maximum Gasteiger partial charge on any atom is 0.211 e. The molecule has 0 aliphatic rings. The normalized spacial score (nSPS) is 11.8. The SMILES string of the molecule is O=CNc1cc([C@@H](O)CNCCCCCCOCCCCc2cccc(-c3cccc(O)c3)c2)ccc1O. The molecular weight excluding hydrogens is 480 g/mol. The van der Waals surface area contributed by atoms with E-state index in [-0.39, 0.29) is 17.2 Å². The summed E-state index contributed by atoms with van der Waals surface area (Å²) in [7, 11) is 0. The van der Waals surface area contributed by atoms with Crippen LogP contribution in [0.3, 0.4) is 0 Å². The summed E-state index contributed by atoms with van der Waals surface area (Å²) in [6, 6.07) is 20.5. The van der Waals surface area contributed by atoms with Gasteiger partial charge in [0.15, 0.2) is 0 Å². The van der Waals surface area contributed by atoms with Crippen LogP contribution in [0.4, 0.5) is 5.69 Å². The van der Waals surface area contributed by atoms with E-state index in [0.717, 1.165) is 75.8 Å². The standard InChI is InChI=1S/C31H40N2O5/c34-23-33-29-21-27(14-15-30(29)36)31(37)22-32-16-4-1-2-5-17-38-18-6-3-9-24-10-7-11-25(19-24)26-12-8-13-28(35)20-26/h7-8,10-15,19-21,23,31-32,35-37H,1-6,9,16-18,22H2,(H,33,34)/t31-/m0/s1. The van der Waals surface area contributed by atoms with Gasteiger partial charge in [0.2, 0.25) is 6.41 Å². The minimum absolute atomic E-state index is 0.0297. The zero-order valence-corrected chi connectivity index (χ0v) is 21.9. The number of amides is 1. The van der Waals surface area contributed by atoms with E-state index >= 15 is 0 Å². The summed E-state index contributed by atoms with van der Waals surface area (Å²) in [5, 5.41) is 35.4. The third-order valence-electron chi connectivity index (χ3n) is 6.46. The van der Waals surface area contributed by atoms with Crippen LogP contribution in [0.15, 0.2) is 66.7 Å². The van der Waals surface area contributed by atoms with E-state index in [9.17, 15) is 20.1 Å². The highest BCUT2D eigenvalue weighted by molar-refractivity contribution is 5.75. The topological polar surface area (TPSA) is 111 Å². The molecule has 0 bridgehead atoms. The zero-order valence-electron chi connectivity index (χ0n) is 21.9.